The van der Waals surface area contributed by atoms with Crippen LogP contribution in [0.15, 0.2) is 36.4 Å². The van der Waals surface area contributed by atoms with E-state index >= 15 is 0 Å². The molecule has 0 spiro atoms. The van der Waals surface area contributed by atoms with Crippen LogP contribution in [0, 0.1) is 5.92 Å². The molecule has 2 aromatic rings. The molecule has 2 aliphatic heterocycles. The van der Waals surface area contributed by atoms with E-state index in [4.69, 9.17) is 27.9 Å². The van der Waals surface area contributed by atoms with Crippen molar-refractivity contribution in [2.45, 2.75) is 19.8 Å². The van der Waals surface area contributed by atoms with E-state index in [-0.39, 0.29) is 39.9 Å². The molecule has 0 saturated carbocycles. The van der Waals surface area contributed by atoms with Crippen LogP contribution >= 0.6 is 23.2 Å². The van der Waals surface area contributed by atoms with Crippen LogP contribution in [0.2, 0.25) is 10.0 Å². The van der Waals surface area contributed by atoms with Crippen molar-refractivity contribution in [3.8, 4) is 0 Å². The van der Waals surface area contributed by atoms with Crippen molar-refractivity contribution >= 4 is 52.6 Å². The summed E-state index contributed by atoms with van der Waals surface area (Å²) < 4.78 is 5.16. The Kier molecular flexibility index (Phi) is 6.22. The molecule has 2 aromatic carbocycles. The number of carbonyl (C=O) groups excluding carboxylic acids is 4. The number of nitrogens with zero attached hydrogens (tertiary/aromatic N) is 2. The Morgan fingerprint density at radius 1 is 0.969 bits per heavy atom. The van der Waals surface area contributed by atoms with E-state index in [1.165, 1.54) is 36.4 Å². The van der Waals surface area contributed by atoms with Gasteiger partial charge in [0.15, 0.2) is 6.61 Å². The van der Waals surface area contributed by atoms with E-state index in [2.05, 4.69) is 6.92 Å². The van der Waals surface area contributed by atoms with Crippen molar-refractivity contribution in [2.24, 2.45) is 5.92 Å². The monoisotopic (exact) mass is 474 g/mol. The summed E-state index contributed by atoms with van der Waals surface area (Å²) in [5.74, 6) is -1.52. The van der Waals surface area contributed by atoms with Crippen LogP contribution in [0.5, 0.6) is 0 Å². The van der Waals surface area contributed by atoms with E-state index in [1.807, 2.05) is 0 Å². The Labute approximate surface area is 194 Å². The lowest BCUT2D eigenvalue weighted by Crippen LogP contribution is -2.40. The van der Waals surface area contributed by atoms with Gasteiger partial charge in [-0.15, -0.1) is 0 Å². The van der Waals surface area contributed by atoms with Crippen LogP contribution in [-0.2, 0) is 9.53 Å². The number of halogens is 2. The third-order valence-corrected chi connectivity index (χ3v) is 6.49. The molecule has 4 rings (SSSR count). The van der Waals surface area contributed by atoms with Crippen molar-refractivity contribution in [3.63, 3.8) is 0 Å². The number of piperidine rings is 1. The maximum atomic E-state index is 12.9. The lowest BCUT2D eigenvalue weighted by Gasteiger charge is -2.30. The number of imide groups is 1. The quantitative estimate of drug-likeness (QED) is 0.489. The summed E-state index contributed by atoms with van der Waals surface area (Å²) in [6.45, 7) is 3.08. The average Bonchev–Trinajstić information content (AvgIpc) is 3.04. The fraction of sp³-hybridized carbons (Fsp3) is 0.304. The molecular formula is C23H20Cl2N2O5. The summed E-state index contributed by atoms with van der Waals surface area (Å²) >= 11 is 11.9. The lowest BCUT2D eigenvalue weighted by atomic mass is 9.99. The number of benzene rings is 2. The molecule has 3 amide bonds. The Morgan fingerprint density at radius 3 is 2.34 bits per heavy atom. The highest BCUT2D eigenvalue weighted by Crippen LogP contribution is 2.33. The second-order valence-corrected chi connectivity index (χ2v) is 8.76. The first-order valence-corrected chi connectivity index (χ1v) is 10.9. The van der Waals surface area contributed by atoms with Crippen LogP contribution < -0.4 is 4.90 Å². The van der Waals surface area contributed by atoms with E-state index in [9.17, 15) is 19.2 Å². The number of anilines is 1. The van der Waals surface area contributed by atoms with E-state index in [1.54, 1.807) is 4.90 Å². The maximum Gasteiger partial charge on any atom is 0.338 e. The van der Waals surface area contributed by atoms with Gasteiger partial charge >= 0.3 is 5.97 Å². The molecular weight excluding hydrogens is 455 g/mol. The van der Waals surface area contributed by atoms with Gasteiger partial charge in [-0.2, -0.15) is 0 Å². The highest BCUT2D eigenvalue weighted by molar-refractivity contribution is 6.42. The van der Waals surface area contributed by atoms with Crippen LogP contribution in [-0.4, -0.2) is 48.3 Å². The summed E-state index contributed by atoms with van der Waals surface area (Å²) in [5.41, 5.74) is 0.597. The summed E-state index contributed by atoms with van der Waals surface area (Å²) in [5, 5.41) is 0.503. The summed E-state index contributed by atoms with van der Waals surface area (Å²) in [6, 6.07) is 8.54. The molecule has 0 N–H and O–H groups in total. The van der Waals surface area contributed by atoms with Crippen LogP contribution in [0.1, 0.15) is 50.8 Å². The van der Waals surface area contributed by atoms with Crippen LogP contribution in [0.25, 0.3) is 0 Å². The third-order valence-electron chi connectivity index (χ3n) is 5.75. The van der Waals surface area contributed by atoms with Crippen molar-refractivity contribution in [1.29, 1.82) is 0 Å². The summed E-state index contributed by atoms with van der Waals surface area (Å²) in [4.78, 5) is 53.1. The molecule has 0 aliphatic carbocycles. The molecule has 2 heterocycles. The number of fused-ring (bicyclic) bond motifs is 1. The molecule has 166 valence electrons. The highest BCUT2D eigenvalue weighted by atomic mass is 35.5. The average molecular weight is 475 g/mol. The SMILES string of the molecule is CC1CCN(C(=O)COC(=O)c2ccc3c(c2)C(=O)N(c2ccc(Cl)c(Cl)c2)C3=O)CC1. The predicted molar refractivity (Wildman–Crippen MR) is 119 cm³/mol. The second kappa shape index (κ2) is 8.92. The summed E-state index contributed by atoms with van der Waals surface area (Å²) in [6.07, 6.45) is 1.85. The van der Waals surface area contributed by atoms with Crippen molar-refractivity contribution < 1.29 is 23.9 Å². The number of hydrogen-bond donors (Lipinski definition) is 0. The number of ether oxygens (including phenoxy) is 1. The first kappa shape index (κ1) is 22.3. The molecule has 1 fully saturated rings. The molecule has 2 aliphatic rings. The molecule has 0 bridgehead atoms. The molecule has 9 heteroatoms. The number of esters is 1. The third kappa shape index (κ3) is 4.23. The number of carbonyl (C=O) groups is 4. The molecule has 0 unspecified atom stereocenters. The standard InChI is InChI=1S/C23H20Cl2N2O5/c1-13-6-8-26(9-7-13)20(28)12-32-23(31)14-2-4-16-17(10-14)22(30)27(21(16)29)15-3-5-18(24)19(25)11-15/h2-5,10-11,13H,6-9,12H2,1H3. The minimum Gasteiger partial charge on any atom is -0.452 e. The molecule has 0 aromatic heterocycles. The smallest absolute Gasteiger partial charge is 0.338 e. The van der Waals surface area contributed by atoms with Crippen molar-refractivity contribution in [1.82, 2.24) is 4.90 Å². The van der Waals surface area contributed by atoms with Gasteiger partial charge in [0.1, 0.15) is 0 Å². The first-order chi connectivity index (χ1) is 15.3. The van der Waals surface area contributed by atoms with Gasteiger partial charge in [-0.25, -0.2) is 9.69 Å². The number of rotatable bonds is 4. The zero-order valence-electron chi connectivity index (χ0n) is 17.3. The van der Waals surface area contributed by atoms with Gasteiger partial charge in [-0.05, 0) is 55.2 Å². The number of likely N-dealkylation sites (tertiary alicyclic amines) is 1. The van der Waals surface area contributed by atoms with E-state index in [0.29, 0.717) is 24.0 Å². The predicted octanol–water partition coefficient (Wildman–Crippen LogP) is 4.21. The molecule has 32 heavy (non-hydrogen) atoms. The normalized spacial score (nSPS) is 16.3. The maximum absolute atomic E-state index is 12.9. The zero-order valence-corrected chi connectivity index (χ0v) is 18.8. The minimum atomic E-state index is -0.736. The van der Waals surface area contributed by atoms with Crippen LogP contribution in [0.4, 0.5) is 5.69 Å². The first-order valence-electron chi connectivity index (χ1n) is 10.2. The van der Waals surface area contributed by atoms with Crippen molar-refractivity contribution in [2.75, 3.05) is 24.6 Å². The molecule has 0 radical (unpaired) electrons. The van der Waals surface area contributed by atoms with E-state index < -0.39 is 17.8 Å². The van der Waals surface area contributed by atoms with Crippen molar-refractivity contribution in [3.05, 3.63) is 63.1 Å². The number of hydrogen-bond acceptors (Lipinski definition) is 5. The van der Waals surface area contributed by atoms with Crippen LogP contribution in [0.3, 0.4) is 0 Å². The Balaban J connectivity index is 1.46. The molecule has 0 atom stereocenters. The van der Waals surface area contributed by atoms with Gasteiger partial charge in [0, 0.05) is 13.1 Å². The van der Waals surface area contributed by atoms with E-state index in [0.717, 1.165) is 17.7 Å². The Morgan fingerprint density at radius 2 is 1.66 bits per heavy atom. The summed E-state index contributed by atoms with van der Waals surface area (Å²) in [7, 11) is 0. The lowest BCUT2D eigenvalue weighted by molar-refractivity contribution is -0.135. The van der Waals surface area contributed by atoms with Gasteiger partial charge in [-0.1, -0.05) is 30.1 Å². The van der Waals surface area contributed by atoms with Gasteiger partial charge in [0.2, 0.25) is 0 Å². The topological polar surface area (TPSA) is 84.0 Å². The second-order valence-electron chi connectivity index (χ2n) is 7.94. The zero-order chi connectivity index (χ0) is 23.0. The fourth-order valence-electron chi connectivity index (χ4n) is 3.79. The van der Waals surface area contributed by atoms with Gasteiger partial charge in [0.25, 0.3) is 17.7 Å². The minimum absolute atomic E-state index is 0.0758. The molecule has 7 nitrogen and oxygen atoms in total. The fourth-order valence-corrected chi connectivity index (χ4v) is 4.08. The highest BCUT2D eigenvalue weighted by Gasteiger charge is 2.37. The van der Waals surface area contributed by atoms with Gasteiger partial charge in [0.05, 0.1) is 32.4 Å². The van der Waals surface area contributed by atoms with Gasteiger partial charge < -0.3 is 9.64 Å². The Hall–Kier alpha value is -2.90. The Bertz CT molecular complexity index is 1130. The molecule has 1 saturated heterocycles. The largest absolute Gasteiger partial charge is 0.452 e. The number of amides is 3. The van der Waals surface area contributed by atoms with Gasteiger partial charge in [-0.3, -0.25) is 14.4 Å².